The van der Waals surface area contributed by atoms with Crippen molar-refractivity contribution in [2.24, 2.45) is 4.99 Å². The summed E-state index contributed by atoms with van der Waals surface area (Å²) in [5.41, 5.74) is 0. The van der Waals surface area contributed by atoms with Crippen molar-refractivity contribution in [3.05, 3.63) is 30.3 Å². The first-order valence-electron chi connectivity index (χ1n) is 11.4. The largest absolute Gasteiger partial charge is 0.357 e. The molecule has 1 amide bonds. The second-order valence-electron chi connectivity index (χ2n) is 8.34. The van der Waals surface area contributed by atoms with Crippen LogP contribution >= 0.6 is 11.8 Å². The van der Waals surface area contributed by atoms with Crippen LogP contribution in [-0.4, -0.2) is 66.8 Å². The smallest absolute Gasteiger partial charge is 0.234 e. The highest BCUT2D eigenvalue weighted by molar-refractivity contribution is 8.01. The Morgan fingerprint density at radius 1 is 1.17 bits per heavy atom. The van der Waals surface area contributed by atoms with Gasteiger partial charge in [0.1, 0.15) is 0 Å². The molecule has 2 fully saturated rings. The van der Waals surface area contributed by atoms with Crippen LogP contribution < -0.4 is 16.0 Å². The fraction of sp³-hybridized carbons (Fsp3) is 0.652. The summed E-state index contributed by atoms with van der Waals surface area (Å²) in [5.74, 6) is 1.07. The van der Waals surface area contributed by atoms with Crippen molar-refractivity contribution in [1.82, 2.24) is 20.9 Å². The molecule has 7 heteroatoms. The average molecular weight is 432 g/mol. The van der Waals surface area contributed by atoms with Crippen molar-refractivity contribution in [3.63, 3.8) is 0 Å². The topological polar surface area (TPSA) is 68.8 Å². The van der Waals surface area contributed by atoms with Crippen molar-refractivity contribution in [3.8, 4) is 0 Å². The van der Waals surface area contributed by atoms with E-state index in [0.717, 1.165) is 57.9 Å². The van der Waals surface area contributed by atoms with Crippen LogP contribution in [0.25, 0.3) is 0 Å². The highest BCUT2D eigenvalue weighted by Crippen LogP contribution is 2.51. The van der Waals surface area contributed by atoms with Gasteiger partial charge >= 0.3 is 0 Å². The van der Waals surface area contributed by atoms with Gasteiger partial charge in [0.2, 0.25) is 5.91 Å². The Labute approximate surface area is 185 Å². The molecular formula is C23H37N5OS. The molecule has 1 saturated carbocycles. The Hall–Kier alpha value is -1.73. The van der Waals surface area contributed by atoms with E-state index in [1.807, 2.05) is 11.8 Å². The molecule has 6 nitrogen and oxygen atoms in total. The number of piperidine rings is 1. The Balaban J connectivity index is 1.45. The molecule has 1 heterocycles. The lowest BCUT2D eigenvalue weighted by atomic mass is 10.1. The van der Waals surface area contributed by atoms with Gasteiger partial charge in [0.15, 0.2) is 5.96 Å². The number of benzene rings is 1. The number of guanidine groups is 1. The number of likely N-dealkylation sites (tertiary alicyclic amines) is 1. The zero-order valence-corrected chi connectivity index (χ0v) is 19.3. The number of carbonyl (C=O) groups is 1. The van der Waals surface area contributed by atoms with Gasteiger partial charge in [-0.05, 0) is 51.2 Å². The number of carbonyl (C=O) groups excluding carboxylic acids is 1. The van der Waals surface area contributed by atoms with Crippen LogP contribution in [0.4, 0.5) is 0 Å². The zero-order chi connectivity index (χ0) is 21.2. The summed E-state index contributed by atoms with van der Waals surface area (Å²) in [5, 5.41) is 10.0. The van der Waals surface area contributed by atoms with Gasteiger partial charge in [-0.3, -0.25) is 14.7 Å². The van der Waals surface area contributed by atoms with E-state index in [-0.39, 0.29) is 10.7 Å². The van der Waals surface area contributed by atoms with Crippen molar-refractivity contribution < 1.29 is 4.79 Å². The summed E-state index contributed by atoms with van der Waals surface area (Å²) in [7, 11) is 0. The van der Waals surface area contributed by atoms with E-state index in [0.29, 0.717) is 12.6 Å². The molecule has 1 aromatic rings. The van der Waals surface area contributed by atoms with Crippen LogP contribution in [0.2, 0.25) is 0 Å². The highest BCUT2D eigenvalue weighted by Gasteiger charge is 2.43. The lowest BCUT2D eigenvalue weighted by molar-refractivity contribution is -0.122. The molecule has 3 N–H and O–H groups in total. The van der Waals surface area contributed by atoms with Crippen molar-refractivity contribution in [2.75, 3.05) is 39.3 Å². The quantitative estimate of drug-likeness (QED) is 0.393. The summed E-state index contributed by atoms with van der Waals surface area (Å²) < 4.78 is 0.263. The molecule has 30 heavy (non-hydrogen) atoms. The van der Waals surface area contributed by atoms with E-state index >= 15 is 0 Å². The van der Waals surface area contributed by atoms with Gasteiger partial charge < -0.3 is 16.0 Å². The van der Waals surface area contributed by atoms with Crippen molar-refractivity contribution in [2.45, 2.75) is 61.6 Å². The fourth-order valence-electron chi connectivity index (χ4n) is 3.67. The minimum atomic E-state index is 0.142. The fourth-order valence-corrected chi connectivity index (χ4v) is 4.89. The third-order valence-electron chi connectivity index (χ3n) is 5.62. The van der Waals surface area contributed by atoms with E-state index < -0.39 is 0 Å². The molecular weight excluding hydrogens is 394 g/mol. The molecule has 3 rings (SSSR count). The standard InChI is InChI=1S/C23H37N5OS/c1-3-14-25-21(29)17-28-15-10-19(11-16-28)27-22(24-4-2)26-18-23(12-13-23)30-20-8-6-5-7-9-20/h5-9,19H,3-4,10-18H2,1-2H3,(H,25,29)(H2,24,26,27). The second-order valence-corrected chi connectivity index (χ2v) is 9.88. The van der Waals surface area contributed by atoms with Gasteiger partial charge in [0.25, 0.3) is 0 Å². The number of hydrogen-bond acceptors (Lipinski definition) is 4. The third-order valence-corrected chi connectivity index (χ3v) is 7.10. The molecule has 0 unspecified atom stereocenters. The molecule has 0 radical (unpaired) electrons. The summed E-state index contributed by atoms with van der Waals surface area (Å²) in [6.07, 6.45) is 5.52. The zero-order valence-electron chi connectivity index (χ0n) is 18.5. The van der Waals surface area contributed by atoms with Crippen molar-refractivity contribution >= 4 is 23.6 Å². The minimum absolute atomic E-state index is 0.142. The van der Waals surface area contributed by atoms with Crippen LogP contribution in [-0.2, 0) is 4.79 Å². The SMILES string of the molecule is CCCNC(=O)CN1CCC(NC(=NCC2(Sc3ccccc3)CC2)NCC)CC1. The lowest BCUT2D eigenvalue weighted by Gasteiger charge is -2.32. The van der Waals surface area contributed by atoms with E-state index in [1.54, 1.807) is 0 Å². The molecule has 1 saturated heterocycles. The number of aliphatic imine (C=N–C) groups is 1. The Morgan fingerprint density at radius 2 is 1.90 bits per heavy atom. The molecule has 0 atom stereocenters. The van der Waals surface area contributed by atoms with Crippen LogP contribution in [0.5, 0.6) is 0 Å². The van der Waals surface area contributed by atoms with Gasteiger partial charge in [-0.15, -0.1) is 11.8 Å². The van der Waals surface area contributed by atoms with Crippen LogP contribution in [0, 0.1) is 0 Å². The molecule has 1 aliphatic carbocycles. The van der Waals surface area contributed by atoms with E-state index in [9.17, 15) is 4.79 Å². The Kier molecular flexibility index (Phi) is 8.88. The lowest BCUT2D eigenvalue weighted by Crippen LogP contribution is -2.50. The molecule has 0 spiro atoms. The molecule has 0 aromatic heterocycles. The maximum absolute atomic E-state index is 11.9. The van der Waals surface area contributed by atoms with Crippen LogP contribution in [0.3, 0.4) is 0 Å². The second kappa shape index (κ2) is 11.6. The summed E-state index contributed by atoms with van der Waals surface area (Å²) in [6.45, 7) is 9.07. The van der Waals surface area contributed by atoms with Gasteiger partial charge in [-0.25, -0.2) is 0 Å². The molecule has 0 bridgehead atoms. The first-order valence-corrected chi connectivity index (χ1v) is 12.2. The number of hydrogen-bond donors (Lipinski definition) is 3. The third kappa shape index (κ3) is 7.51. The Morgan fingerprint density at radius 3 is 2.53 bits per heavy atom. The maximum atomic E-state index is 11.9. The van der Waals surface area contributed by atoms with Gasteiger partial charge in [0, 0.05) is 41.9 Å². The van der Waals surface area contributed by atoms with Crippen LogP contribution in [0.15, 0.2) is 40.2 Å². The predicted molar refractivity (Wildman–Crippen MR) is 126 cm³/mol. The summed E-state index contributed by atoms with van der Waals surface area (Å²) >= 11 is 1.97. The number of amides is 1. The van der Waals surface area contributed by atoms with E-state index in [2.05, 4.69) is 65.0 Å². The monoisotopic (exact) mass is 431 g/mol. The van der Waals surface area contributed by atoms with Gasteiger partial charge in [0.05, 0.1) is 13.1 Å². The van der Waals surface area contributed by atoms with E-state index in [1.165, 1.54) is 17.7 Å². The minimum Gasteiger partial charge on any atom is -0.357 e. The van der Waals surface area contributed by atoms with E-state index in [4.69, 9.17) is 4.99 Å². The number of nitrogens with one attached hydrogen (secondary N) is 3. The summed E-state index contributed by atoms with van der Waals surface area (Å²) in [4.78, 5) is 20.5. The Bertz CT molecular complexity index is 684. The predicted octanol–water partition coefficient (Wildman–Crippen LogP) is 2.86. The first-order chi connectivity index (χ1) is 14.6. The highest BCUT2D eigenvalue weighted by atomic mass is 32.2. The maximum Gasteiger partial charge on any atom is 0.234 e. The molecule has 1 aromatic carbocycles. The number of thioether (sulfide) groups is 1. The number of nitrogens with zero attached hydrogens (tertiary/aromatic N) is 2. The molecule has 1 aliphatic heterocycles. The average Bonchev–Trinajstić information content (AvgIpc) is 3.52. The van der Waals surface area contributed by atoms with Crippen molar-refractivity contribution in [1.29, 1.82) is 0 Å². The molecule has 2 aliphatic rings. The molecule has 166 valence electrons. The van der Waals surface area contributed by atoms with Crippen LogP contribution in [0.1, 0.15) is 46.0 Å². The summed E-state index contributed by atoms with van der Waals surface area (Å²) in [6, 6.07) is 11.1. The first kappa shape index (κ1) is 22.9. The van der Waals surface area contributed by atoms with Gasteiger partial charge in [-0.1, -0.05) is 25.1 Å². The normalized spacial score (nSPS) is 19.3. The number of rotatable bonds is 10. The van der Waals surface area contributed by atoms with Gasteiger partial charge in [-0.2, -0.15) is 0 Å².